The molecule has 0 N–H and O–H groups in total. The van der Waals surface area contributed by atoms with Crippen LogP contribution in [0.15, 0.2) is 36.5 Å². The van der Waals surface area contributed by atoms with E-state index in [1.807, 2.05) is 6.07 Å². The van der Waals surface area contributed by atoms with Crippen LogP contribution >= 0.6 is 11.6 Å². The number of nitrogens with zero attached hydrogens (tertiary/aromatic N) is 6. The van der Waals surface area contributed by atoms with Gasteiger partial charge in [-0.05, 0) is 61.6 Å². The highest BCUT2D eigenvalue weighted by Gasteiger charge is 2.35. The maximum Gasteiger partial charge on any atom is 0.151 e. The van der Waals surface area contributed by atoms with Crippen molar-refractivity contribution >= 4 is 17.4 Å². The Labute approximate surface area is 185 Å². The second-order valence-electron chi connectivity index (χ2n) is 8.81. The largest absolute Gasteiger partial charge is 0.357 e. The molecule has 2 fully saturated rings. The number of aromatic nitrogens is 4. The first-order valence-electron chi connectivity index (χ1n) is 11.0. The van der Waals surface area contributed by atoms with Gasteiger partial charge in [0.15, 0.2) is 5.82 Å². The van der Waals surface area contributed by atoms with Crippen molar-refractivity contribution in [3.63, 3.8) is 0 Å². The first kappa shape index (κ1) is 19.2. The van der Waals surface area contributed by atoms with E-state index in [4.69, 9.17) is 11.6 Å². The molecule has 6 rings (SSSR count). The fourth-order valence-electron chi connectivity index (χ4n) is 4.93. The number of hydrogen-bond donors (Lipinski definition) is 0. The molecule has 1 aliphatic carbocycles. The van der Waals surface area contributed by atoms with E-state index in [0.717, 1.165) is 67.2 Å². The van der Waals surface area contributed by atoms with Gasteiger partial charge in [-0.25, -0.2) is 9.37 Å². The number of halogens is 2. The highest BCUT2D eigenvalue weighted by molar-refractivity contribution is 6.30. The SMILES string of the molecule is Fc1ccc(N2CCC(c3nnc4n3-c3ccc(Cl)cc3CN(C3CC3)C4)CC2)nc1. The molecule has 0 atom stereocenters. The molecule has 1 saturated carbocycles. The molecular weight excluding hydrogens is 415 g/mol. The topological polar surface area (TPSA) is 50.1 Å². The van der Waals surface area contributed by atoms with Gasteiger partial charge in [0.25, 0.3) is 0 Å². The summed E-state index contributed by atoms with van der Waals surface area (Å²) >= 11 is 6.35. The normalized spacial score (nSPS) is 19.7. The third-order valence-corrected chi connectivity index (χ3v) is 6.95. The molecule has 31 heavy (non-hydrogen) atoms. The molecule has 0 amide bonds. The zero-order chi connectivity index (χ0) is 20.9. The van der Waals surface area contributed by atoms with Gasteiger partial charge in [0.1, 0.15) is 17.5 Å². The fourth-order valence-corrected chi connectivity index (χ4v) is 5.13. The molecule has 160 valence electrons. The van der Waals surface area contributed by atoms with E-state index < -0.39 is 0 Å². The van der Waals surface area contributed by atoms with Gasteiger partial charge in [-0.1, -0.05) is 11.6 Å². The van der Waals surface area contributed by atoms with E-state index in [-0.39, 0.29) is 5.82 Å². The predicted molar refractivity (Wildman–Crippen MR) is 117 cm³/mol. The van der Waals surface area contributed by atoms with Gasteiger partial charge in [0.2, 0.25) is 0 Å². The lowest BCUT2D eigenvalue weighted by atomic mass is 9.95. The molecule has 2 aliphatic heterocycles. The van der Waals surface area contributed by atoms with Crippen LogP contribution in [-0.4, -0.2) is 43.8 Å². The standard InChI is InChI=1S/C23H24ClFN6/c24-17-1-5-20-16(11-17)13-30(19-3-4-19)14-22-27-28-23(31(20)22)15-7-9-29(10-8-15)21-6-2-18(25)12-26-21/h1-2,5-6,11-12,15,19H,3-4,7-10,13-14H2. The Morgan fingerprint density at radius 3 is 2.55 bits per heavy atom. The Morgan fingerprint density at radius 2 is 1.81 bits per heavy atom. The minimum atomic E-state index is -0.302. The summed E-state index contributed by atoms with van der Waals surface area (Å²) in [6, 6.07) is 10.0. The van der Waals surface area contributed by atoms with Crippen molar-refractivity contribution in [2.24, 2.45) is 0 Å². The summed E-state index contributed by atoms with van der Waals surface area (Å²) < 4.78 is 15.5. The van der Waals surface area contributed by atoms with Crippen LogP contribution in [0.1, 0.15) is 48.8 Å². The molecule has 0 spiro atoms. The quantitative estimate of drug-likeness (QED) is 0.609. The van der Waals surface area contributed by atoms with Gasteiger partial charge in [0.05, 0.1) is 18.4 Å². The van der Waals surface area contributed by atoms with Crippen molar-refractivity contribution in [1.82, 2.24) is 24.6 Å². The molecule has 4 heterocycles. The number of fused-ring (bicyclic) bond motifs is 3. The summed E-state index contributed by atoms with van der Waals surface area (Å²) in [5.41, 5.74) is 2.40. The Hall–Kier alpha value is -2.51. The summed E-state index contributed by atoms with van der Waals surface area (Å²) in [6.45, 7) is 3.46. The Kier molecular flexibility index (Phi) is 4.69. The molecule has 3 aromatic rings. The Morgan fingerprint density at radius 1 is 0.968 bits per heavy atom. The van der Waals surface area contributed by atoms with Crippen molar-refractivity contribution in [2.75, 3.05) is 18.0 Å². The second-order valence-corrected chi connectivity index (χ2v) is 9.25. The summed E-state index contributed by atoms with van der Waals surface area (Å²) in [5.74, 6) is 2.92. The zero-order valence-electron chi connectivity index (χ0n) is 17.2. The average molecular weight is 439 g/mol. The molecule has 0 unspecified atom stereocenters. The van der Waals surface area contributed by atoms with Crippen LogP contribution in [0.5, 0.6) is 0 Å². The molecule has 1 saturated heterocycles. The Balaban J connectivity index is 1.30. The lowest BCUT2D eigenvalue weighted by Gasteiger charge is -2.32. The van der Waals surface area contributed by atoms with E-state index in [1.54, 1.807) is 6.07 Å². The van der Waals surface area contributed by atoms with Crippen molar-refractivity contribution in [3.8, 4) is 5.69 Å². The van der Waals surface area contributed by atoms with E-state index in [2.05, 4.69) is 41.7 Å². The molecule has 0 radical (unpaired) electrons. The number of hydrogen-bond acceptors (Lipinski definition) is 5. The van der Waals surface area contributed by atoms with Crippen molar-refractivity contribution in [2.45, 2.75) is 50.7 Å². The predicted octanol–water partition coefficient (Wildman–Crippen LogP) is 4.32. The summed E-state index contributed by atoms with van der Waals surface area (Å²) in [5, 5.41) is 10.1. The minimum Gasteiger partial charge on any atom is -0.357 e. The van der Waals surface area contributed by atoms with Gasteiger partial charge in [-0.2, -0.15) is 0 Å². The Bertz CT molecular complexity index is 1100. The molecule has 3 aliphatic rings. The molecule has 0 bridgehead atoms. The minimum absolute atomic E-state index is 0.302. The first-order chi connectivity index (χ1) is 15.2. The lowest BCUT2D eigenvalue weighted by Crippen LogP contribution is -2.34. The zero-order valence-corrected chi connectivity index (χ0v) is 18.0. The van der Waals surface area contributed by atoms with Crippen molar-refractivity contribution in [3.05, 3.63) is 64.6 Å². The van der Waals surface area contributed by atoms with Crippen LogP contribution < -0.4 is 4.90 Å². The van der Waals surface area contributed by atoms with E-state index in [9.17, 15) is 4.39 Å². The number of rotatable bonds is 3. The number of pyridine rings is 1. The van der Waals surface area contributed by atoms with Crippen LogP contribution in [0.4, 0.5) is 10.2 Å². The maximum absolute atomic E-state index is 13.2. The average Bonchev–Trinajstić information content (AvgIpc) is 3.57. The first-order valence-corrected chi connectivity index (χ1v) is 11.4. The molecule has 6 nitrogen and oxygen atoms in total. The van der Waals surface area contributed by atoms with Gasteiger partial charge in [0, 0.05) is 36.6 Å². The van der Waals surface area contributed by atoms with Gasteiger partial charge < -0.3 is 4.90 Å². The van der Waals surface area contributed by atoms with E-state index in [0.29, 0.717) is 12.0 Å². The van der Waals surface area contributed by atoms with Crippen LogP contribution in [0.3, 0.4) is 0 Å². The molecule has 8 heteroatoms. The lowest BCUT2D eigenvalue weighted by molar-refractivity contribution is 0.243. The van der Waals surface area contributed by atoms with Gasteiger partial charge >= 0.3 is 0 Å². The van der Waals surface area contributed by atoms with Crippen LogP contribution in [0, 0.1) is 5.82 Å². The third-order valence-electron chi connectivity index (χ3n) is 6.71. The van der Waals surface area contributed by atoms with E-state index in [1.165, 1.54) is 30.7 Å². The fraction of sp³-hybridized carbons (Fsp3) is 0.435. The van der Waals surface area contributed by atoms with Gasteiger partial charge in [-0.3, -0.25) is 9.47 Å². The number of piperidine rings is 1. The highest BCUT2D eigenvalue weighted by Crippen LogP contribution is 2.37. The van der Waals surface area contributed by atoms with Crippen molar-refractivity contribution < 1.29 is 4.39 Å². The third kappa shape index (κ3) is 3.59. The molecule has 1 aromatic carbocycles. The maximum atomic E-state index is 13.2. The van der Waals surface area contributed by atoms with Crippen molar-refractivity contribution in [1.29, 1.82) is 0 Å². The van der Waals surface area contributed by atoms with Crippen LogP contribution in [0.25, 0.3) is 5.69 Å². The van der Waals surface area contributed by atoms with E-state index >= 15 is 0 Å². The highest BCUT2D eigenvalue weighted by atomic mass is 35.5. The summed E-state index contributed by atoms with van der Waals surface area (Å²) in [6.07, 6.45) is 5.73. The monoisotopic (exact) mass is 438 g/mol. The molecule has 2 aromatic heterocycles. The van der Waals surface area contributed by atoms with Crippen LogP contribution in [-0.2, 0) is 13.1 Å². The number of anilines is 1. The summed E-state index contributed by atoms with van der Waals surface area (Å²) in [7, 11) is 0. The number of benzene rings is 1. The van der Waals surface area contributed by atoms with Gasteiger partial charge in [-0.15, -0.1) is 10.2 Å². The smallest absolute Gasteiger partial charge is 0.151 e. The summed E-state index contributed by atoms with van der Waals surface area (Å²) in [4.78, 5) is 8.97. The van der Waals surface area contributed by atoms with Crippen LogP contribution in [0.2, 0.25) is 5.02 Å². The molecular formula is C23H24ClFN6. The second kappa shape index (κ2) is 7.57.